The summed E-state index contributed by atoms with van der Waals surface area (Å²) in [5, 5.41) is 7.68. The van der Waals surface area contributed by atoms with E-state index in [4.69, 9.17) is 23.3 Å². The molecule has 0 aliphatic rings. The largest absolute Gasteiger partial charge is 0.493 e. The van der Waals surface area contributed by atoms with Gasteiger partial charge in [-0.3, -0.25) is 0 Å². The number of esters is 1. The number of ether oxygens (including phenoxy) is 3. The van der Waals surface area contributed by atoms with Gasteiger partial charge in [0.1, 0.15) is 30.4 Å². The summed E-state index contributed by atoms with van der Waals surface area (Å²) in [5.74, 6) is 2.03. The number of hydrogen-bond acceptors (Lipinski definition) is 8. The van der Waals surface area contributed by atoms with E-state index in [9.17, 15) is 4.79 Å². The molecule has 3 aromatic rings. The Hall–Kier alpha value is -3.55. The fraction of sp³-hybridized carbons (Fsp3) is 0.286. The smallest absolute Gasteiger partial charge is 0.331 e. The average molecular weight is 398 g/mol. The number of carbonyl (C=O) groups is 1. The molecule has 0 unspecified atom stereocenters. The third-order valence-corrected chi connectivity index (χ3v) is 4.19. The minimum atomic E-state index is -0.483. The Labute approximate surface area is 168 Å². The molecule has 0 bridgehead atoms. The third kappa shape index (κ3) is 5.25. The highest BCUT2D eigenvalue weighted by atomic mass is 16.5. The van der Waals surface area contributed by atoms with Gasteiger partial charge in [0.2, 0.25) is 0 Å². The molecule has 0 aliphatic carbocycles. The van der Waals surface area contributed by atoms with Gasteiger partial charge in [-0.15, -0.1) is 0 Å². The van der Waals surface area contributed by atoms with Crippen LogP contribution in [0.4, 0.5) is 0 Å². The molecule has 0 fully saturated rings. The van der Waals surface area contributed by atoms with Gasteiger partial charge in [0.05, 0.1) is 18.4 Å². The maximum atomic E-state index is 11.9. The first-order valence-electron chi connectivity index (χ1n) is 8.96. The molecular formula is C21H22N2O6. The monoisotopic (exact) mass is 398 g/mol. The zero-order valence-corrected chi connectivity index (χ0v) is 16.7. The average Bonchev–Trinajstić information content (AvgIpc) is 3.28. The first kappa shape index (κ1) is 20.2. The van der Waals surface area contributed by atoms with Gasteiger partial charge in [0.15, 0.2) is 11.5 Å². The number of benzene rings is 1. The van der Waals surface area contributed by atoms with E-state index in [2.05, 4.69) is 10.3 Å². The quantitative estimate of drug-likeness (QED) is 0.416. The van der Waals surface area contributed by atoms with Gasteiger partial charge < -0.3 is 23.3 Å². The summed E-state index contributed by atoms with van der Waals surface area (Å²) in [7, 11) is 1.56. The van der Waals surface area contributed by atoms with Gasteiger partial charge in [-0.25, -0.2) is 4.79 Å². The van der Waals surface area contributed by atoms with Crippen molar-refractivity contribution in [1.82, 2.24) is 10.3 Å². The van der Waals surface area contributed by atoms with E-state index >= 15 is 0 Å². The molecule has 0 spiro atoms. The zero-order valence-electron chi connectivity index (χ0n) is 16.7. The van der Waals surface area contributed by atoms with Crippen LogP contribution in [0.2, 0.25) is 0 Å². The molecule has 0 saturated heterocycles. The number of rotatable bonds is 8. The summed E-state index contributed by atoms with van der Waals surface area (Å²) in [6, 6.07) is 7.08. The highest BCUT2D eigenvalue weighted by Gasteiger charge is 2.12. The lowest BCUT2D eigenvalue weighted by atomic mass is 10.2. The molecule has 0 amide bonds. The van der Waals surface area contributed by atoms with E-state index in [1.165, 1.54) is 6.08 Å². The normalized spacial score (nSPS) is 11.0. The lowest BCUT2D eigenvalue weighted by Gasteiger charge is -2.11. The van der Waals surface area contributed by atoms with E-state index in [1.807, 2.05) is 19.9 Å². The summed E-state index contributed by atoms with van der Waals surface area (Å²) in [6.45, 7) is 5.85. The van der Waals surface area contributed by atoms with Crippen LogP contribution in [0.15, 0.2) is 39.4 Å². The summed E-state index contributed by atoms with van der Waals surface area (Å²) in [5.41, 5.74) is 3.02. The number of aromatic nitrogens is 2. The van der Waals surface area contributed by atoms with Gasteiger partial charge in [-0.2, -0.15) is 0 Å². The van der Waals surface area contributed by atoms with Crippen molar-refractivity contribution in [3.05, 3.63) is 64.4 Å². The highest BCUT2D eigenvalue weighted by molar-refractivity contribution is 5.87. The molecule has 1 aromatic carbocycles. The van der Waals surface area contributed by atoms with Gasteiger partial charge in [0, 0.05) is 12.1 Å². The van der Waals surface area contributed by atoms with Crippen LogP contribution in [0.5, 0.6) is 11.5 Å². The summed E-state index contributed by atoms with van der Waals surface area (Å²) in [4.78, 5) is 11.9. The lowest BCUT2D eigenvalue weighted by Crippen LogP contribution is -2.01. The van der Waals surface area contributed by atoms with Crippen LogP contribution in [0.1, 0.15) is 34.0 Å². The van der Waals surface area contributed by atoms with Gasteiger partial charge >= 0.3 is 5.97 Å². The van der Waals surface area contributed by atoms with Crippen LogP contribution in [-0.4, -0.2) is 23.4 Å². The molecule has 8 nitrogen and oxygen atoms in total. The Morgan fingerprint density at radius 1 is 1.07 bits per heavy atom. The van der Waals surface area contributed by atoms with Crippen LogP contribution in [0.25, 0.3) is 6.08 Å². The Bertz CT molecular complexity index is 999. The maximum absolute atomic E-state index is 11.9. The van der Waals surface area contributed by atoms with Gasteiger partial charge in [-0.1, -0.05) is 16.4 Å². The Kier molecular flexibility index (Phi) is 6.33. The second-order valence-corrected chi connectivity index (χ2v) is 6.37. The molecule has 0 aliphatic heterocycles. The molecule has 0 atom stereocenters. The topological polar surface area (TPSA) is 96.8 Å². The van der Waals surface area contributed by atoms with Crippen molar-refractivity contribution in [1.29, 1.82) is 0 Å². The van der Waals surface area contributed by atoms with Crippen LogP contribution in [-0.2, 0) is 22.7 Å². The van der Waals surface area contributed by atoms with E-state index in [1.54, 1.807) is 38.3 Å². The van der Waals surface area contributed by atoms with Crippen LogP contribution in [0.3, 0.4) is 0 Å². The zero-order chi connectivity index (χ0) is 20.8. The number of carbonyl (C=O) groups excluding carboxylic acids is 1. The fourth-order valence-corrected chi connectivity index (χ4v) is 2.61. The second-order valence-electron chi connectivity index (χ2n) is 6.37. The number of aryl methyl sites for hydroxylation is 3. The van der Waals surface area contributed by atoms with Crippen LogP contribution < -0.4 is 9.47 Å². The number of hydrogen-bond donors (Lipinski definition) is 0. The molecule has 0 N–H and O–H groups in total. The van der Waals surface area contributed by atoms with Gasteiger partial charge in [-0.05, 0) is 44.5 Å². The molecule has 0 saturated carbocycles. The van der Waals surface area contributed by atoms with Crippen molar-refractivity contribution in [2.75, 3.05) is 7.11 Å². The molecule has 8 heteroatoms. The summed E-state index contributed by atoms with van der Waals surface area (Å²) in [6.07, 6.45) is 2.98. The van der Waals surface area contributed by atoms with E-state index in [0.29, 0.717) is 29.6 Å². The van der Waals surface area contributed by atoms with E-state index in [0.717, 1.165) is 22.6 Å². The summed E-state index contributed by atoms with van der Waals surface area (Å²) >= 11 is 0. The van der Waals surface area contributed by atoms with Crippen molar-refractivity contribution >= 4 is 12.0 Å². The van der Waals surface area contributed by atoms with Crippen molar-refractivity contribution < 1.29 is 28.1 Å². The number of methoxy groups -OCH3 is 1. The predicted octanol–water partition coefficient (Wildman–Crippen LogP) is 3.93. The lowest BCUT2D eigenvalue weighted by molar-refractivity contribution is -0.139. The molecule has 2 heterocycles. The minimum Gasteiger partial charge on any atom is -0.493 e. The molecule has 2 aromatic heterocycles. The SMILES string of the molecule is COc1cc(/C=C/C(=O)OCc2cc(C)on2)ccc1OCc1c(C)noc1C. The van der Waals surface area contributed by atoms with E-state index < -0.39 is 5.97 Å². The van der Waals surface area contributed by atoms with Crippen molar-refractivity contribution in [2.24, 2.45) is 0 Å². The van der Waals surface area contributed by atoms with E-state index in [-0.39, 0.29) is 6.61 Å². The first-order chi connectivity index (χ1) is 14.0. The first-order valence-corrected chi connectivity index (χ1v) is 8.96. The van der Waals surface area contributed by atoms with Crippen LogP contribution in [0, 0.1) is 20.8 Å². The Morgan fingerprint density at radius 3 is 2.55 bits per heavy atom. The molecular weight excluding hydrogens is 376 g/mol. The maximum Gasteiger partial charge on any atom is 0.331 e. The second kappa shape index (κ2) is 9.09. The minimum absolute atomic E-state index is 0.0539. The predicted molar refractivity (Wildman–Crippen MR) is 103 cm³/mol. The summed E-state index contributed by atoms with van der Waals surface area (Å²) < 4.78 is 26.4. The Morgan fingerprint density at radius 2 is 1.90 bits per heavy atom. The highest BCUT2D eigenvalue weighted by Crippen LogP contribution is 2.30. The molecule has 0 radical (unpaired) electrons. The molecule has 3 rings (SSSR count). The van der Waals surface area contributed by atoms with Crippen molar-refractivity contribution in [2.45, 2.75) is 34.0 Å². The number of nitrogens with zero attached hydrogens (tertiary/aromatic N) is 2. The standard InChI is InChI=1S/C21H22N2O6/c1-13-9-17(23-28-13)11-27-21(24)8-6-16-5-7-19(20(10-16)25-4)26-12-18-14(2)22-29-15(18)3/h5-10H,11-12H2,1-4H3/b8-6+. The Balaban J connectivity index is 1.60. The molecule has 29 heavy (non-hydrogen) atoms. The molecule has 152 valence electrons. The fourth-order valence-electron chi connectivity index (χ4n) is 2.61. The van der Waals surface area contributed by atoms with Crippen LogP contribution >= 0.6 is 0 Å². The van der Waals surface area contributed by atoms with Crippen molar-refractivity contribution in [3.63, 3.8) is 0 Å². The third-order valence-electron chi connectivity index (χ3n) is 4.19. The van der Waals surface area contributed by atoms with Gasteiger partial charge in [0.25, 0.3) is 0 Å². The van der Waals surface area contributed by atoms with Crippen molar-refractivity contribution in [3.8, 4) is 11.5 Å².